The van der Waals surface area contributed by atoms with Crippen LogP contribution in [0.1, 0.15) is 5.56 Å². The summed E-state index contributed by atoms with van der Waals surface area (Å²) in [6.45, 7) is 1.93. The molecule has 0 spiro atoms. The number of halogens is 1. The lowest BCUT2D eigenvalue weighted by molar-refractivity contribution is 0.412. The fourth-order valence-corrected chi connectivity index (χ4v) is 1.71. The number of methoxy groups -OCH3 is 1. The minimum Gasteiger partial charge on any atom is -0.496 e. The number of anilines is 2. The van der Waals surface area contributed by atoms with Crippen molar-refractivity contribution in [2.75, 3.05) is 12.4 Å². The Morgan fingerprint density at radius 3 is 2.89 bits per heavy atom. The normalized spacial score (nSPS) is 10.2. The Morgan fingerprint density at radius 2 is 2.22 bits per heavy atom. The van der Waals surface area contributed by atoms with Crippen LogP contribution in [0.15, 0.2) is 29.3 Å². The number of aromatic amines is 1. The monoisotopic (exact) mass is 265 g/mol. The lowest BCUT2D eigenvalue weighted by atomic mass is 10.2. The van der Waals surface area contributed by atoms with Crippen molar-refractivity contribution in [1.82, 2.24) is 9.97 Å². The number of rotatable bonds is 3. The van der Waals surface area contributed by atoms with Gasteiger partial charge >= 0.3 is 0 Å². The van der Waals surface area contributed by atoms with E-state index in [1.807, 2.05) is 25.1 Å². The topological polar surface area (TPSA) is 67.0 Å². The van der Waals surface area contributed by atoms with Crippen molar-refractivity contribution in [3.63, 3.8) is 0 Å². The molecule has 6 heteroatoms. The van der Waals surface area contributed by atoms with E-state index in [2.05, 4.69) is 15.3 Å². The van der Waals surface area contributed by atoms with Crippen LogP contribution in [0.25, 0.3) is 0 Å². The number of aryl methyl sites for hydroxylation is 1. The maximum Gasteiger partial charge on any atom is 0.271 e. The van der Waals surface area contributed by atoms with E-state index in [4.69, 9.17) is 16.3 Å². The first kappa shape index (κ1) is 12.4. The zero-order valence-electron chi connectivity index (χ0n) is 9.95. The van der Waals surface area contributed by atoms with Crippen LogP contribution in [0, 0.1) is 6.92 Å². The molecule has 18 heavy (non-hydrogen) atoms. The van der Waals surface area contributed by atoms with Gasteiger partial charge in [0.25, 0.3) is 5.56 Å². The molecule has 0 unspecified atom stereocenters. The van der Waals surface area contributed by atoms with Gasteiger partial charge in [-0.05, 0) is 30.7 Å². The van der Waals surface area contributed by atoms with E-state index in [9.17, 15) is 4.79 Å². The molecule has 0 saturated heterocycles. The maximum absolute atomic E-state index is 11.3. The molecule has 94 valence electrons. The van der Waals surface area contributed by atoms with Crippen molar-refractivity contribution in [3.8, 4) is 5.75 Å². The highest BCUT2D eigenvalue weighted by molar-refractivity contribution is 6.32. The number of hydrogen-bond donors (Lipinski definition) is 2. The summed E-state index contributed by atoms with van der Waals surface area (Å²) in [6.07, 6.45) is 1.30. The number of hydrogen-bond acceptors (Lipinski definition) is 4. The zero-order chi connectivity index (χ0) is 13.1. The molecule has 2 N–H and O–H groups in total. The summed E-state index contributed by atoms with van der Waals surface area (Å²) < 4.78 is 5.17. The molecule has 0 saturated carbocycles. The Morgan fingerprint density at radius 1 is 1.44 bits per heavy atom. The summed E-state index contributed by atoms with van der Waals surface area (Å²) in [4.78, 5) is 17.7. The van der Waals surface area contributed by atoms with E-state index < -0.39 is 0 Å². The average Bonchev–Trinajstić information content (AvgIpc) is 2.35. The Kier molecular flexibility index (Phi) is 3.53. The summed E-state index contributed by atoms with van der Waals surface area (Å²) in [5.74, 6) is 1.12. The van der Waals surface area contributed by atoms with Crippen LogP contribution >= 0.6 is 11.6 Å². The summed E-state index contributed by atoms with van der Waals surface area (Å²) >= 11 is 5.85. The zero-order valence-corrected chi connectivity index (χ0v) is 10.7. The highest BCUT2D eigenvalue weighted by atomic mass is 35.5. The van der Waals surface area contributed by atoms with Crippen molar-refractivity contribution in [2.45, 2.75) is 6.92 Å². The molecule has 0 bridgehead atoms. The van der Waals surface area contributed by atoms with Crippen molar-refractivity contribution < 1.29 is 4.74 Å². The van der Waals surface area contributed by atoms with Gasteiger partial charge in [-0.15, -0.1) is 0 Å². The van der Waals surface area contributed by atoms with Crippen molar-refractivity contribution in [3.05, 3.63) is 45.5 Å². The van der Waals surface area contributed by atoms with Gasteiger partial charge in [0.15, 0.2) is 5.82 Å². The SMILES string of the molecule is COc1ccc(Nc2nc[nH]c(=O)c2Cl)cc1C. The number of benzene rings is 1. The number of ether oxygens (including phenoxy) is 1. The second-order valence-corrected chi connectivity index (χ2v) is 4.08. The minimum atomic E-state index is -0.376. The molecule has 0 aliphatic rings. The van der Waals surface area contributed by atoms with E-state index in [-0.39, 0.29) is 10.6 Å². The molecule has 5 nitrogen and oxygen atoms in total. The van der Waals surface area contributed by atoms with Crippen molar-refractivity contribution >= 4 is 23.1 Å². The highest BCUT2D eigenvalue weighted by Crippen LogP contribution is 2.24. The van der Waals surface area contributed by atoms with Crippen molar-refractivity contribution in [1.29, 1.82) is 0 Å². The lowest BCUT2D eigenvalue weighted by Crippen LogP contribution is -2.09. The number of nitrogens with one attached hydrogen (secondary N) is 2. The molecule has 0 radical (unpaired) electrons. The number of H-pyrrole nitrogens is 1. The smallest absolute Gasteiger partial charge is 0.271 e. The fraction of sp³-hybridized carbons (Fsp3) is 0.167. The van der Waals surface area contributed by atoms with E-state index >= 15 is 0 Å². The molecular formula is C12H12ClN3O2. The Balaban J connectivity index is 2.32. The fourth-order valence-electron chi connectivity index (χ4n) is 1.56. The first-order valence-corrected chi connectivity index (χ1v) is 5.64. The molecule has 1 aromatic heterocycles. The maximum atomic E-state index is 11.3. The molecular weight excluding hydrogens is 254 g/mol. The molecule has 0 aliphatic heterocycles. The number of aromatic nitrogens is 2. The van der Waals surface area contributed by atoms with Crippen LogP contribution in [-0.2, 0) is 0 Å². The third kappa shape index (κ3) is 2.46. The largest absolute Gasteiger partial charge is 0.496 e. The highest BCUT2D eigenvalue weighted by Gasteiger charge is 2.07. The van der Waals surface area contributed by atoms with Crippen LogP contribution in [0.5, 0.6) is 5.75 Å². The third-order valence-electron chi connectivity index (χ3n) is 2.45. The van der Waals surface area contributed by atoms with Gasteiger partial charge in [-0.2, -0.15) is 0 Å². The summed E-state index contributed by atoms with van der Waals surface area (Å²) in [5.41, 5.74) is 1.39. The van der Waals surface area contributed by atoms with Crippen LogP contribution < -0.4 is 15.6 Å². The van der Waals surface area contributed by atoms with Gasteiger partial charge in [-0.1, -0.05) is 11.6 Å². The van der Waals surface area contributed by atoms with E-state index in [0.29, 0.717) is 5.82 Å². The molecule has 1 heterocycles. The van der Waals surface area contributed by atoms with Crippen LogP contribution in [-0.4, -0.2) is 17.1 Å². The van der Waals surface area contributed by atoms with Crippen LogP contribution in [0.4, 0.5) is 11.5 Å². The van der Waals surface area contributed by atoms with Gasteiger partial charge in [0.1, 0.15) is 10.8 Å². The molecule has 1 aromatic carbocycles. The van der Waals surface area contributed by atoms with Crippen molar-refractivity contribution in [2.24, 2.45) is 0 Å². The van der Waals surface area contributed by atoms with E-state index in [0.717, 1.165) is 17.0 Å². The van der Waals surface area contributed by atoms with Gasteiger partial charge in [-0.3, -0.25) is 4.79 Å². The van der Waals surface area contributed by atoms with E-state index in [1.165, 1.54) is 6.33 Å². The van der Waals surface area contributed by atoms with Gasteiger partial charge in [0.2, 0.25) is 0 Å². The first-order valence-electron chi connectivity index (χ1n) is 5.26. The minimum absolute atomic E-state index is 0.0333. The second kappa shape index (κ2) is 5.10. The Bertz CT molecular complexity index is 625. The molecule has 0 amide bonds. The third-order valence-corrected chi connectivity index (χ3v) is 2.80. The van der Waals surface area contributed by atoms with Crippen LogP contribution in [0.2, 0.25) is 5.02 Å². The predicted molar refractivity (Wildman–Crippen MR) is 70.9 cm³/mol. The number of nitrogens with zero attached hydrogens (tertiary/aromatic N) is 1. The summed E-state index contributed by atoms with van der Waals surface area (Å²) in [7, 11) is 1.62. The molecule has 0 fully saturated rings. The van der Waals surface area contributed by atoms with Crippen LogP contribution in [0.3, 0.4) is 0 Å². The quantitative estimate of drug-likeness (QED) is 0.895. The standard InChI is InChI=1S/C12H12ClN3O2/c1-7-5-8(3-4-9(7)18-2)16-11-10(13)12(17)15-6-14-11/h3-6H,1-2H3,(H2,14,15,16,17). The molecule has 0 atom stereocenters. The molecule has 0 aliphatic carbocycles. The Labute approximate surface area is 109 Å². The average molecular weight is 266 g/mol. The summed E-state index contributed by atoms with van der Waals surface area (Å²) in [6, 6.07) is 5.54. The Hall–Kier alpha value is -2.01. The second-order valence-electron chi connectivity index (χ2n) is 3.70. The predicted octanol–water partition coefficient (Wildman–Crippen LogP) is 2.48. The lowest BCUT2D eigenvalue weighted by Gasteiger charge is -2.09. The van der Waals surface area contributed by atoms with Gasteiger partial charge in [-0.25, -0.2) is 4.98 Å². The molecule has 2 aromatic rings. The van der Waals surface area contributed by atoms with Gasteiger partial charge in [0.05, 0.1) is 13.4 Å². The van der Waals surface area contributed by atoms with E-state index in [1.54, 1.807) is 7.11 Å². The molecule has 2 rings (SSSR count). The first-order chi connectivity index (χ1) is 8.61. The van der Waals surface area contributed by atoms with Gasteiger partial charge < -0.3 is 15.0 Å². The van der Waals surface area contributed by atoms with Gasteiger partial charge in [0, 0.05) is 5.69 Å². The summed E-state index contributed by atoms with van der Waals surface area (Å²) in [5, 5.41) is 3.02.